The Labute approximate surface area is 92.5 Å². The van der Waals surface area contributed by atoms with Crippen molar-refractivity contribution >= 4 is 17.7 Å². The molecule has 0 spiro atoms. The zero-order chi connectivity index (χ0) is 12.4. The van der Waals surface area contributed by atoms with Crippen LogP contribution in [0.15, 0.2) is 0 Å². The van der Waals surface area contributed by atoms with Crippen LogP contribution < -0.4 is 10.2 Å². The number of hydrogen-bond acceptors (Lipinski definition) is 5. The van der Waals surface area contributed by atoms with Gasteiger partial charge >= 0.3 is 0 Å². The fraction of sp³-hybridized carbons (Fsp3) is 0.727. The van der Waals surface area contributed by atoms with Crippen LogP contribution in [0.2, 0.25) is 0 Å². The second-order valence-electron chi connectivity index (χ2n) is 5.37. The molecule has 0 saturated heterocycles. The zero-order valence-corrected chi connectivity index (χ0v) is 9.16. The highest BCUT2D eigenvalue weighted by Crippen LogP contribution is 2.67. The quantitative estimate of drug-likeness (QED) is 0.518. The molecule has 2 atom stereocenters. The van der Waals surface area contributed by atoms with Gasteiger partial charge in [0.15, 0.2) is 5.78 Å². The highest BCUT2D eigenvalue weighted by atomic mass is 16.4. The summed E-state index contributed by atoms with van der Waals surface area (Å²) in [6.07, 6.45) is 0.0319. The van der Waals surface area contributed by atoms with Crippen molar-refractivity contribution in [3.63, 3.8) is 0 Å². The van der Waals surface area contributed by atoms with Gasteiger partial charge in [-0.05, 0) is 19.3 Å². The molecule has 0 N–H and O–H groups in total. The molecule has 88 valence electrons. The maximum absolute atomic E-state index is 12.0. The molecule has 5 nitrogen and oxygen atoms in total. The molecule has 0 aromatic rings. The van der Waals surface area contributed by atoms with Crippen LogP contribution in [0.1, 0.15) is 33.1 Å². The summed E-state index contributed by atoms with van der Waals surface area (Å²) in [6.45, 7) is 2.96. The molecule has 0 unspecified atom stereocenters. The molecule has 5 heteroatoms. The summed E-state index contributed by atoms with van der Waals surface area (Å²) in [6, 6.07) is 0. The van der Waals surface area contributed by atoms with E-state index in [9.17, 15) is 24.6 Å². The molecule has 0 amide bonds. The van der Waals surface area contributed by atoms with Crippen molar-refractivity contribution in [3.8, 4) is 0 Å². The van der Waals surface area contributed by atoms with E-state index in [0.717, 1.165) is 0 Å². The molecule has 2 rings (SSSR count). The first kappa shape index (κ1) is 11.1. The van der Waals surface area contributed by atoms with Crippen molar-refractivity contribution in [2.24, 2.45) is 16.2 Å². The molecule has 2 bridgehead atoms. The van der Waals surface area contributed by atoms with Crippen molar-refractivity contribution in [1.29, 1.82) is 0 Å². The van der Waals surface area contributed by atoms with Gasteiger partial charge in [0.1, 0.15) is 0 Å². The summed E-state index contributed by atoms with van der Waals surface area (Å²) in [4.78, 5) is 34.4. The Morgan fingerprint density at radius 3 is 2.00 bits per heavy atom. The van der Waals surface area contributed by atoms with Gasteiger partial charge in [-0.25, -0.2) is 0 Å². The van der Waals surface area contributed by atoms with Crippen LogP contribution in [-0.2, 0) is 14.4 Å². The van der Waals surface area contributed by atoms with Gasteiger partial charge in [0.05, 0.1) is 11.4 Å². The maximum Gasteiger partial charge on any atom is 0.151 e. The summed E-state index contributed by atoms with van der Waals surface area (Å²) in [5.74, 6) is -3.31. The average Bonchev–Trinajstić information content (AvgIpc) is 2.64. The summed E-state index contributed by atoms with van der Waals surface area (Å²) in [5, 5.41) is 22.3. The highest BCUT2D eigenvalue weighted by molar-refractivity contribution is 6.11. The lowest BCUT2D eigenvalue weighted by atomic mass is 9.63. The number of Topliss-reactive ketones (excluding diaryl/α,β-unsaturated/α-hetero) is 1. The Balaban J connectivity index is 2.61. The average molecular weight is 224 g/mol. The van der Waals surface area contributed by atoms with E-state index in [1.54, 1.807) is 0 Å². The second kappa shape index (κ2) is 2.64. The highest BCUT2D eigenvalue weighted by Gasteiger charge is 2.70. The van der Waals surface area contributed by atoms with Crippen LogP contribution in [0.5, 0.6) is 0 Å². The van der Waals surface area contributed by atoms with Crippen LogP contribution in [0.3, 0.4) is 0 Å². The van der Waals surface area contributed by atoms with E-state index < -0.39 is 34.0 Å². The van der Waals surface area contributed by atoms with Gasteiger partial charge in [-0.2, -0.15) is 0 Å². The number of carbonyl (C=O) groups is 3. The molecule has 0 heterocycles. The van der Waals surface area contributed by atoms with Crippen molar-refractivity contribution in [2.75, 3.05) is 0 Å². The van der Waals surface area contributed by atoms with Gasteiger partial charge in [0.25, 0.3) is 0 Å². The summed E-state index contributed by atoms with van der Waals surface area (Å²) >= 11 is 0. The minimum atomic E-state index is -1.61. The van der Waals surface area contributed by atoms with Gasteiger partial charge in [-0.1, -0.05) is 13.8 Å². The van der Waals surface area contributed by atoms with Crippen molar-refractivity contribution in [2.45, 2.75) is 33.1 Å². The predicted octanol–water partition coefficient (Wildman–Crippen LogP) is -1.75. The molecule has 2 saturated carbocycles. The number of aliphatic carboxylic acids is 2. The number of rotatable bonds is 2. The molecule has 0 aromatic heterocycles. The fourth-order valence-electron chi connectivity index (χ4n) is 3.36. The fourth-order valence-corrected chi connectivity index (χ4v) is 3.36. The number of carboxylic acids is 2. The summed E-state index contributed by atoms with van der Waals surface area (Å²) in [5.41, 5.74) is -4.14. The van der Waals surface area contributed by atoms with E-state index in [2.05, 4.69) is 0 Å². The van der Waals surface area contributed by atoms with E-state index >= 15 is 0 Å². The van der Waals surface area contributed by atoms with E-state index in [1.807, 2.05) is 0 Å². The van der Waals surface area contributed by atoms with Gasteiger partial charge < -0.3 is 19.8 Å². The smallest absolute Gasteiger partial charge is 0.151 e. The Kier molecular flexibility index (Phi) is 1.84. The first-order chi connectivity index (χ1) is 7.21. The minimum absolute atomic E-state index is 0.0472. The first-order valence-corrected chi connectivity index (χ1v) is 5.18. The molecule has 0 aliphatic heterocycles. The third kappa shape index (κ3) is 0.854. The van der Waals surface area contributed by atoms with E-state index in [4.69, 9.17) is 0 Å². The van der Waals surface area contributed by atoms with Crippen LogP contribution in [0.25, 0.3) is 0 Å². The third-order valence-electron chi connectivity index (χ3n) is 4.56. The molecule has 0 radical (unpaired) electrons. The number of carbonyl (C=O) groups excluding carboxylic acids is 3. The molecular weight excluding hydrogens is 212 g/mol. The van der Waals surface area contributed by atoms with E-state index in [1.165, 1.54) is 13.8 Å². The van der Waals surface area contributed by atoms with Crippen LogP contribution in [-0.4, -0.2) is 17.7 Å². The minimum Gasteiger partial charge on any atom is -0.550 e. The molecule has 0 aromatic carbocycles. The lowest BCUT2D eigenvalue weighted by Crippen LogP contribution is -2.53. The molecular formula is C11H12O5-2. The number of fused-ring (bicyclic) bond motifs is 2. The normalized spacial score (nSPS) is 40.0. The number of ketones is 1. The zero-order valence-electron chi connectivity index (χ0n) is 9.16. The monoisotopic (exact) mass is 224 g/mol. The summed E-state index contributed by atoms with van der Waals surface area (Å²) < 4.78 is 0. The molecule has 2 aliphatic rings. The van der Waals surface area contributed by atoms with Crippen molar-refractivity contribution < 1.29 is 24.6 Å². The molecule has 16 heavy (non-hydrogen) atoms. The van der Waals surface area contributed by atoms with Crippen LogP contribution >= 0.6 is 0 Å². The SMILES string of the molecule is CC1(C)C(=O)[C@@]2(C(=O)[O-])CC[C@@]1(C(=O)[O-])C2. The summed E-state index contributed by atoms with van der Waals surface area (Å²) in [7, 11) is 0. The Hall–Kier alpha value is -1.39. The Morgan fingerprint density at radius 2 is 1.69 bits per heavy atom. The number of carboxylic acid groups (broad SMARTS) is 2. The molecule has 2 fully saturated rings. The van der Waals surface area contributed by atoms with Gasteiger partial charge in [-0.15, -0.1) is 0 Å². The molecule has 2 aliphatic carbocycles. The largest absolute Gasteiger partial charge is 0.550 e. The standard InChI is InChI=1S/C11H14O5/c1-9(2)6(12)10(7(13)14)3-4-11(9,5-10)8(15)16/h3-5H2,1-2H3,(H,13,14)(H,15,16)/p-2/t10-,11+/m1/s1. The lowest BCUT2D eigenvalue weighted by Gasteiger charge is -2.42. The van der Waals surface area contributed by atoms with Gasteiger partial charge in [0.2, 0.25) is 0 Å². The maximum atomic E-state index is 12.0. The topological polar surface area (TPSA) is 97.3 Å². The predicted molar refractivity (Wildman–Crippen MR) is 47.5 cm³/mol. The van der Waals surface area contributed by atoms with E-state index in [0.29, 0.717) is 0 Å². The number of hydrogen-bond donors (Lipinski definition) is 0. The van der Waals surface area contributed by atoms with E-state index in [-0.39, 0.29) is 19.3 Å². The van der Waals surface area contributed by atoms with Crippen molar-refractivity contribution in [1.82, 2.24) is 0 Å². The van der Waals surface area contributed by atoms with Crippen LogP contribution in [0.4, 0.5) is 0 Å². The van der Waals surface area contributed by atoms with Crippen LogP contribution in [0, 0.1) is 16.2 Å². The van der Waals surface area contributed by atoms with Crippen molar-refractivity contribution in [3.05, 3.63) is 0 Å². The second-order valence-corrected chi connectivity index (χ2v) is 5.37. The van der Waals surface area contributed by atoms with Gasteiger partial charge in [0, 0.05) is 16.8 Å². The Morgan fingerprint density at radius 1 is 1.12 bits per heavy atom. The Bertz CT molecular complexity index is 411. The first-order valence-electron chi connectivity index (χ1n) is 5.18. The third-order valence-corrected chi connectivity index (χ3v) is 4.56. The lowest BCUT2D eigenvalue weighted by molar-refractivity contribution is -0.323. The van der Waals surface area contributed by atoms with Gasteiger partial charge in [-0.3, -0.25) is 4.79 Å².